The predicted molar refractivity (Wildman–Crippen MR) is 33.0 cm³/mol. The molecule has 0 aliphatic heterocycles. The summed E-state index contributed by atoms with van der Waals surface area (Å²) in [4.78, 5) is 0. The van der Waals surface area contributed by atoms with Crippen molar-refractivity contribution >= 4 is 0 Å². The Bertz CT molecular complexity index is 119. The molecule has 0 aromatic rings. The van der Waals surface area contributed by atoms with Crippen LogP contribution in [0.15, 0.2) is 25.3 Å². The molecule has 0 aromatic carbocycles. The summed E-state index contributed by atoms with van der Waals surface area (Å²) in [5, 5.41) is 0. The van der Waals surface area contributed by atoms with E-state index in [-0.39, 0.29) is 0 Å². The van der Waals surface area contributed by atoms with Crippen LogP contribution in [0, 0.1) is 0 Å². The van der Waals surface area contributed by atoms with Crippen LogP contribution in [-0.2, 0) is 31.1 Å². The van der Waals surface area contributed by atoms with Gasteiger partial charge < -0.3 is 0 Å². The molecule has 0 aliphatic rings. The molecular formula is C6H10O3Zr. The Hall–Kier alpha value is 0.0831. The standard InChI is InChI=1S/2C3H5O.O.Zr/c2*1-2-3-4;;/h2*2H,1,3H2;;/q2*-1;;+2. The molecule has 0 spiro atoms. The summed E-state index contributed by atoms with van der Waals surface area (Å²) < 4.78 is 20.2. The molecule has 0 aliphatic carbocycles. The first-order chi connectivity index (χ1) is 4.81. The van der Waals surface area contributed by atoms with E-state index in [0.29, 0.717) is 13.2 Å². The van der Waals surface area contributed by atoms with E-state index in [1.165, 1.54) is 12.2 Å². The molecule has 10 heavy (non-hydrogen) atoms. The fraction of sp³-hybridized carbons (Fsp3) is 0.333. The van der Waals surface area contributed by atoms with Gasteiger partial charge in [0.25, 0.3) is 0 Å². The third kappa shape index (κ3) is 6.21. The van der Waals surface area contributed by atoms with Gasteiger partial charge in [-0.25, -0.2) is 0 Å². The molecule has 0 atom stereocenters. The van der Waals surface area contributed by atoms with Gasteiger partial charge in [-0.3, -0.25) is 0 Å². The SMILES string of the molecule is C=CC[O][Zr](=[O])[O]CC=C. The summed E-state index contributed by atoms with van der Waals surface area (Å²) in [5.74, 6) is 0. The molecule has 0 saturated carbocycles. The van der Waals surface area contributed by atoms with Gasteiger partial charge in [0.1, 0.15) is 0 Å². The van der Waals surface area contributed by atoms with E-state index in [0.717, 1.165) is 0 Å². The Morgan fingerprint density at radius 1 is 1.20 bits per heavy atom. The molecule has 0 bridgehead atoms. The van der Waals surface area contributed by atoms with Crippen LogP contribution < -0.4 is 0 Å². The Balaban J connectivity index is 3.24. The van der Waals surface area contributed by atoms with Gasteiger partial charge in [0.15, 0.2) is 0 Å². The Labute approximate surface area is 69.7 Å². The number of rotatable bonds is 6. The third-order valence-electron chi connectivity index (χ3n) is 0.638. The van der Waals surface area contributed by atoms with Gasteiger partial charge >= 0.3 is 69.6 Å². The maximum atomic E-state index is 10.7. The topological polar surface area (TPSA) is 35.5 Å². The molecule has 0 amide bonds. The van der Waals surface area contributed by atoms with Gasteiger partial charge in [-0.15, -0.1) is 0 Å². The second-order valence-corrected chi connectivity index (χ2v) is 4.10. The van der Waals surface area contributed by atoms with E-state index >= 15 is 0 Å². The zero-order chi connectivity index (χ0) is 7.82. The minimum atomic E-state index is -3.13. The minimum absolute atomic E-state index is 0.301. The van der Waals surface area contributed by atoms with Crippen molar-refractivity contribution in [2.24, 2.45) is 0 Å². The first kappa shape index (κ1) is 10.1. The average molecular weight is 221 g/mol. The van der Waals surface area contributed by atoms with Crippen LogP contribution in [0.2, 0.25) is 0 Å². The molecular weight excluding hydrogens is 211 g/mol. The molecule has 56 valence electrons. The van der Waals surface area contributed by atoms with Crippen LogP contribution in [0.25, 0.3) is 0 Å². The van der Waals surface area contributed by atoms with Crippen molar-refractivity contribution in [3.8, 4) is 0 Å². The molecule has 0 heterocycles. The van der Waals surface area contributed by atoms with Gasteiger partial charge in [-0.05, 0) is 0 Å². The predicted octanol–water partition coefficient (Wildman–Crippen LogP) is 1.19. The van der Waals surface area contributed by atoms with Crippen LogP contribution in [0.5, 0.6) is 0 Å². The summed E-state index contributed by atoms with van der Waals surface area (Å²) in [7, 11) is 0. The van der Waals surface area contributed by atoms with Crippen molar-refractivity contribution in [1.29, 1.82) is 0 Å². The van der Waals surface area contributed by atoms with Gasteiger partial charge in [-0.1, -0.05) is 0 Å². The summed E-state index contributed by atoms with van der Waals surface area (Å²) >= 11 is -3.13. The van der Waals surface area contributed by atoms with E-state index < -0.39 is 22.6 Å². The number of hydrogen-bond acceptors (Lipinski definition) is 3. The van der Waals surface area contributed by atoms with Gasteiger partial charge in [-0.2, -0.15) is 0 Å². The summed E-state index contributed by atoms with van der Waals surface area (Å²) in [6.45, 7) is 7.41. The Morgan fingerprint density at radius 3 is 1.90 bits per heavy atom. The fourth-order valence-electron chi connectivity index (χ4n) is 0.296. The molecule has 3 nitrogen and oxygen atoms in total. The quantitative estimate of drug-likeness (QED) is 0.632. The second kappa shape index (κ2) is 7.19. The molecule has 0 saturated heterocycles. The zero-order valence-electron chi connectivity index (χ0n) is 5.71. The van der Waals surface area contributed by atoms with Crippen molar-refractivity contribution in [2.75, 3.05) is 13.2 Å². The van der Waals surface area contributed by atoms with E-state index in [1.54, 1.807) is 0 Å². The molecule has 0 fully saturated rings. The van der Waals surface area contributed by atoms with Crippen molar-refractivity contribution in [2.45, 2.75) is 0 Å². The zero-order valence-corrected chi connectivity index (χ0v) is 8.17. The molecule has 0 unspecified atom stereocenters. The van der Waals surface area contributed by atoms with Crippen molar-refractivity contribution < 1.29 is 31.1 Å². The first-order valence-corrected chi connectivity index (χ1v) is 5.83. The van der Waals surface area contributed by atoms with Crippen molar-refractivity contribution in [3.63, 3.8) is 0 Å². The summed E-state index contributed by atoms with van der Waals surface area (Å²) in [6.07, 6.45) is 3.07. The molecule has 0 aromatic heterocycles. The monoisotopic (exact) mass is 220 g/mol. The van der Waals surface area contributed by atoms with Crippen molar-refractivity contribution in [1.82, 2.24) is 0 Å². The van der Waals surface area contributed by atoms with E-state index in [9.17, 15) is 2.81 Å². The summed E-state index contributed by atoms with van der Waals surface area (Å²) in [6, 6.07) is 0. The second-order valence-electron chi connectivity index (χ2n) is 1.45. The molecule has 0 N–H and O–H groups in total. The molecule has 0 radical (unpaired) electrons. The maximum absolute atomic E-state index is 10.7. The van der Waals surface area contributed by atoms with Gasteiger partial charge in [0.2, 0.25) is 0 Å². The van der Waals surface area contributed by atoms with Gasteiger partial charge in [0, 0.05) is 0 Å². The van der Waals surface area contributed by atoms with Gasteiger partial charge in [0.05, 0.1) is 0 Å². The van der Waals surface area contributed by atoms with Crippen LogP contribution in [0.3, 0.4) is 0 Å². The molecule has 0 rings (SSSR count). The summed E-state index contributed by atoms with van der Waals surface area (Å²) in [5.41, 5.74) is 0. The Kier molecular flexibility index (Phi) is 7.25. The fourth-order valence-corrected chi connectivity index (χ4v) is 1.75. The van der Waals surface area contributed by atoms with Crippen LogP contribution in [0.4, 0.5) is 0 Å². The normalized spacial score (nSPS) is 8.80. The third-order valence-corrected chi connectivity index (χ3v) is 2.62. The van der Waals surface area contributed by atoms with Crippen LogP contribution >= 0.6 is 0 Å². The van der Waals surface area contributed by atoms with Crippen molar-refractivity contribution in [3.05, 3.63) is 25.3 Å². The van der Waals surface area contributed by atoms with Crippen LogP contribution in [0.1, 0.15) is 0 Å². The van der Waals surface area contributed by atoms with Crippen LogP contribution in [-0.4, -0.2) is 13.2 Å². The van der Waals surface area contributed by atoms with E-state index in [4.69, 9.17) is 5.63 Å². The first-order valence-electron chi connectivity index (χ1n) is 2.82. The van der Waals surface area contributed by atoms with E-state index in [2.05, 4.69) is 13.2 Å². The number of hydrogen-bond donors (Lipinski definition) is 0. The Morgan fingerprint density at radius 2 is 1.60 bits per heavy atom. The average Bonchev–Trinajstić information content (AvgIpc) is 1.97. The van der Waals surface area contributed by atoms with E-state index in [1.807, 2.05) is 0 Å². The molecule has 4 heteroatoms.